The molecule has 5 heteroatoms. The third-order valence-electron chi connectivity index (χ3n) is 14.3. The molecule has 44 heavy (non-hydrogen) atoms. The summed E-state index contributed by atoms with van der Waals surface area (Å²) in [6.07, 6.45) is 21.6. The fourth-order valence-electron chi connectivity index (χ4n) is 11.5. The molecular formula is C39H69N3O2. The van der Waals surface area contributed by atoms with E-state index in [4.69, 9.17) is 4.74 Å². The lowest BCUT2D eigenvalue weighted by Gasteiger charge is -2.55. The summed E-state index contributed by atoms with van der Waals surface area (Å²) in [7, 11) is 2.20. The first-order valence-electron chi connectivity index (χ1n) is 19.3. The number of nitrogens with one attached hydrogen (secondary N) is 1. The minimum Gasteiger partial charge on any atom is -0.367 e. The van der Waals surface area contributed by atoms with Gasteiger partial charge in [0.25, 0.3) is 0 Å². The second kappa shape index (κ2) is 14.3. The summed E-state index contributed by atoms with van der Waals surface area (Å²) in [4.78, 5) is 4.92. The van der Waals surface area contributed by atoms with Crippen LogP contribution in [0.3, 0.4) is 0 Å². The molecule has 0 aromatic carbocycles. The summed E-state index contributed by atoms with van der Waals surface area (Å²) in [6.45, 7) is 17.2. The van der Waals surface area contributed by atoms with Crippen molar-refractivity contribution >= 4 is 0 Å². The molecule has 5 fully saturated rings. The van der Waals surface area contributed by atoms with Crippen LogP contribution in [-0.2, 0) is 4.74 Å². The molecule has 1 saturated heterocycles. The first-order valence-corrected chi connectivity index (χ1v) is 19.3. The Bertz CT molecular complexity index is 955. The quantitative estimate of drug-likeness (QED) is 0.137. The summed E-state index contributed by atoms with van der Waals surface area (Å²) in [5.74, 6) is 6.44. The van der Waals surface area contributed by atoms with E-state index in [2.05, 4.69) is 55.9 Å². The van der Waals surface area contributed by atoms with Crippen molar-refractivity contribution in [1.82, 2.24) is 15.1 Å². The predicted molar refractivity (Wildman–Crippen MR) is 182 cm³/mol. The summed E-state index contributed by atoms with van der Waals surface area (Å²) in [6, 6.07) is 0. The number of ether oxygens (including phenoxy) is 1. The number of allylic oxidation sites excluding steroid dienone is 1. The monoisotopic (exact) mass is 612 g/mol. The number of aliphatic hydroxyl groups is 1. The Balaban J connectivity index is 1.04. The van der Waals surface area contributed by atoms with Gasteiger partial charge in [-0.15, -0.1) is 0 Å². The standard InChI is InChI=1S/C39H69N3O2/c1-28(2)8-6-9-29(3)32-13-14-34-33-12-11-30-26-31(44-36(43)27-40-20-21-42-24-22-41(5)23-25-42)15-17-38(30,4)35(33)10-7-16-39(18-19-39)37(32)34/h11,28-29,31-37,40,43H,6-10,12-27H2,1-5H3/t29-,31?,32-,33?,34?,35?,36?,37?,38+/m1/s1. The van der Waals surface area contributed by atoms with E-state index >= 15 is 0 Å². The van der Waals surface area contributed by atoms with Gasteiger partial charge in [0.2, 0.25) is 0 Å². The topological polar surface area (TPSA) is 48.0 Å². The van der Waals surface area contributed by atoms with Crippen LogP contribution in [0.2, 0.25) is 0 Å². The van der Waals surface area contributed by atoms with Crippen molar-refractivity contribution in [3.05, 3.63) is 11.6 Å². The molecule has 0 aromatic heterocycles. The highest BCUT2D eigenvalue weighted by atomic mass is 16.6. The second-order valence-electron chi connectivity index (χ2n) is 17.4. The maximum Gasteiger partial charge on any atom is 0.167 e. The minimum absolute atomic E-state index is 0.166. The Kier molecular flexibility index (Phi) is 10.9. The zero-order chi connectivity index (χ0) is 30.9. The highest BCUT2D eigenvalue weighted by Crippen LogP contribution is 2.70. The van der Waals surface area contributed by atoms with E-state index in [0.29, 0.717) is 17.4 Å². The zero-order valence-electron chi connectivity index (χ0n) is 29.4. The number of piperazine rings is 1. The molecule has 6 unspecified atom stereocenters. The highest BCUT2D eigenvalue weighted by Gasteiger charge is 2.61. The molecule has 5 aliphatic carbocycles. The van der Waals surface area contributed by atoms with Gasteiger partial charge < -0.3 is 20.1 Å². The number of likely N-dealkylation sites (N-methyl/N-ethyl adjacent to an activating group) is 1. The molecular weight excluding hydrogens is 542 g/mol. The molecule has 6 aliphatic rings. The third-order valence-corrected chi connectivity index (χ3v) is 14.3. The lowest BCUT2D eigenvalue weighted by Crippen LogP contribution is -2.48. The van der Waals surface area contributed by atoms with Crippen molar-refractivity contribution in [2.45, 2.75) is 130 Å². The lowest BCUT2D eigenvalue weighted by molar-refractivity contribution is -0.144. The number of aliphatic hydroxyl groups excluding tert-OH is 1. The summed E-state index contributed by atoms with van der Waals surface area (Å²) < 4.78 is 6.30. The molecule has 1 aliphatic heterocycles. The van der Waals surface area contributed by atoms with Gasteiger partial charge in [-0.25, -0.2) is 0 Å². The van der Waals surface area contributed by atoms with Gasteiger partial charge in [0.05, 0.1) is 6.10 Å². The van der Waals surface area contributed by atoms with Crippen LogP contribution in [0, 0.1) is 52.3 Å². The van der Waals surface area contributed by atoms with Crippen molar-refractivity contribution < 1.29 is 9.84 Å². The van der Waals surface area contributed by atoms with E-state index in [1.807, 2.05) is 0 Å². The molecule has 1 spiro atoms. The number of hydrogen-bond acceptors (Lipinski definition) is 5. The largest absolute Gasteiger partial charge is 0.367 e. The van der Waals surface area contributed by atoms with Crippen molar-refractivity contribution in [3.8, 4) is 0 Å². The van der Waals surface area contributed by atoms with E-state index in [1.165, 1.54) is 77.0 Å². The molecule has 252 valence electrons. The van der Waals surface area contributed by atoms with E-state index in [0.717, 1.165) is 93.5 Å². The normalized spacial score (nSPS) is 38.8. The average Bonchev–Trinajstić information content (AvgIpc) is 3.64. The Morgan fingerprint density at radius 1 is 0.977 bits per heavy atom. The van der Waals surface area contributed by atoms with Gasteiger partial charge in [0.15, 0.2) is 6.29 Å². The Labute approximate surface area is 271 Å². The summed E-state index contributed by atoms with van der Waals surface area (Å²) in [5, 5.41) is 14.2. The number of rotatable bonds is 12. The maximum atomic E-state index is 10.8. The molecule has 4 saturated carbocycles. The Hall–Kier alpha value is -0.460. The Morgan fingerprint density at radius 2 is 1.77 bits per heavy atom. The Morgan fingerprint density at radius 3 is 2.52 bits per heavy atom. The summed E-state index contributed by atoms with van der Waals surface area (Å²) in [5.41, 5.74) is 2.74. The second-order valence-corrected chi connectivity index (χ2v) is 17.4. The van der Waals surface area contributed by atoms with Crippen LogP contribution in [0.5, 0.6) is 0 Å². The number of nitrogens with zero attached hydrogens (tertiary/aromatic N) is 2. The van der Waals surface area contributed by atoms with E-state index in [-0.39, 0.29) is 6.10 Å². The fraction of sp³-hybridized carbons (Fsp3) is 0.949. The number of fused-ring (bicyclic) bond motifs is 6. The van der Waals surface area contributed by atoms with E-state index in [1.54, 1.807) is 5.57 Å². The molecule has 5 nitrogen and oxygen atoms in total. The van der Waals surface area contributed by atoms with Gasteiger partial charge in [-0.2, -0.15) is 0 Å². The third kappa shape index (κ3) is 7.33. The molecule has 0 bridgehead atoms. The van der Waals surface area contributed by atoms with Crippen LogP contribution >= 0.6 is 0 Å². The van der Waals surface area contributed by atoms with Gasteiger partial charge in [-0.3, -0.25) is 4.90 Å². The van der Waals surface area contributed by atoms with Crippen LogP contribution < -0.4 is 5.32 Å². The van der Waals surface area contributed by atoms with Crippen LogP contribution in [0.1, 0.15) is 118 Å². The molecule has 2 N–H and O–H groups in total. The summed E-state index contributed by atoms with van der Waals surface area (Å²) >= 11 is 0. The van der Waals surface area contributed by atoms with Crippen LogP contribution in [0.4, 0.5) is 0 Å². The van der Waals surface area contributed by atoms with Gasteiger partial charge in [0, 0.05) is 45.8 Å². The molecule has 9 atom stereocenters. The lowest BCUT2D eigenvalue weighted by atomic mass is 9.50. The van der Waals surface area contributed by atoms with E-state index in [9.17, 15) is 5.11 Å². The molecule has 0 aromatic rings. The first-order chi connectivity index (χ1) is 21.2. The van der Waals surface area contributed by atoms with Crippen LogP contribution in [0.25, 0.3) is 0 Å². The fourth-order valence-corrected chi connectivity index (χ4v) is 11.5. The SMILES string of the molecule is CC(C)CCC[C@@H](C)[C@H]1CCC2C3CC=C4CC(OC(O)CNCCN5CCN(C)CC5)CC[C@]4(C)C3CCCC3(CC3)C21. The molecule has 6 rings (SSSR count). The predicted octanol–water partition coefficient (Wildman–Crippen LogP) is 7.35. The maximum absolute atomic E-state index is 10.8. The average molecular weight is 612 g/mol. The van der Waals surface area contributed by atoms with Gasteiger partial charge in [-0.1, -0.05) is 65.0 Å². The first kappa shape index (κ1) is 33.4. The van der Waals surface area contributed by atoms with Crippen LogP contribution in [-0.4, -0.2) is 80.2 Å². The number of hydrogen-bond donors (Lipinski definition) is 2. The van der Waals surface area contributed by atoms with Crippen molar-refractivity contribution in [2.75, 3.05) is 52.9 Å². The van der Waals surface area contributed by atoms with Gasteiger partial charge >= 0.3 is 0 Å². The zero-order valence-corrected chi connectivity index (χ0v) is 29.4. The smallest absolute Gasteiger partial charge is 0.167 e. The molecule has 0 amide bonds. The van der Waals surface area contributed by atoms with Crippen molar-refractivity contribution in [2.24, 2.45) is 52.3 Å². The molecule has 0 radical (unpaired) electrons. The van der Waals surface area contributed by atoms with E-state index < -0.39 is 6.29 Å². The van der Waals surface area contributed by atoms with Crippen molar-refractivity contribution in [1.29, 1.82) is 0 Å². The molecule has 1 heterocycles. The van der Waals surface area contributed by atoms with Crippen molar-refractivity contribution in [3.63, 3.8) is 0 Å². The highest BCUT2D eigenvalue weighted by molar-refractivity contribution is 5.25. The van der Waals surface area contributed by atoms with Gasteiger partial charge in [0.1, 0.15) is 0 Å². The minimum atomic E-state index is -0.705. The van der Waals surface area contributed by atoms with Crippen LogP contribution in [0.15, 0.2) is 11.6 Å². The van der Waals surface area contributed by atoms with Gasteiger partial charge in [-0.05, 0) is 124 Å².